The SMILES string of the molecule is CN1CCN(C(=O)CC(C)(C)Cc2c[n+]([O-])c3ccccc3n2)CC1. The molecule has 0 N–H and O–H groups in total. The molecule has 0 spiro atoms. The summed E-state index contributed by atoms with van der Waals surface area (Å²) in [6.07, 6.45) is 2.59. The summed E-state index contributed by atoms with van der Waals surface area (Å²) in [4.78, 5) is 21.4. The van der Waals surface area contributed by atoms with Gasteiger partial charge in [0.05, 0.1) is 0 Å². The number of benzene rings is 1. The normalized spacial score (nSPS) is 16.4. The lowest BCUT2D eigenvalue weighted by molar-refractivity contribution is -0.578. The summed E-state index contributed by atoms with van der Waals surface area (Å²) in [6.45, 7) is 7.56. The van der Waals surface area contributed by atoms with Crippen LogP contribution in [0, 0.1) is 10.6 Å². The second-order valence-electron chi connectivity index (χ2n) is 7.75. The van der Waals surface area contributed by atoms with Gasteiger partial charge in [0, 0.05) is 45.1 Å². The van der Waals surface area contributed by atoms with Crippen LogP contribution in [-0.4, -0.2) is 53.9 Å². The lowest BCUT2D eigenvalue weighted by Crippen LogP contribution is -2.48. The Morgan fingerprint density at radius 1 is 1.24 bits per heavy atom. The van der Waals surface area contributed by atoms with Gasteiger partial charge in [0.1, 0.15) is 11.2 Å². The highest BCUT2D eigenvalue weighted by Gasteiger charge is 2.28. The Bertz CT molecular complexity index is 767. The first-order chi connectivity index (χ1) is 11.8. The van der Waals surface area contributed by atoms with E-state index in [0.29, 0.717) is 23.9 Å². The van der Waals surface area contributed by atoms with Crippen molar-refractivity contribution in [2.45, 2.75) is 26.7 Å². The highest BCUT2D eigenvalue weighted by atomic mass is 16.5. The highest BCUT2D eigenvalue weighted by molar-refractivity contribution is 5.77. The van der Waals surface area contributed by atoms with Crippen molar-refractivity contribution < 1.29 is 9.52 Å². The van der Waals surface area contributed by atoms with Crippen LogP contribution in [0.15, 0.2) is 30.5 Å². The average Bonchev–Trinajstić information content (AvgIpc) is 2.54. The fourth-order valence-electron chi connectivity index (χ4n) is 3.35. The van der Waals surface area contributed by atoms with E-state index in [9.17, 15) is 10.0 Å². The second kappa shape index (κ2) is 6.96. The Morgan fingerprint density at radius 2 is 1.92 bits per heavy atom. The average molecular weight is 342 g/mol. The summed E-state index contributed by atoms with van der Waals surface area (Å²) in [6, 6.07) is 7.31. The summed E-state index contributed by atoms with van der Waals surface area (Å²) in [5.74, 6) is 0.189. The summed E-state index contributed by atoms with van der Waals surface area (Å²) >= 11 is 0. The third kappa shape index (κ3) is 4.25. The summed E-state index contributed by atoms with van der Waals surface area (Å²) in [5, 5.41) is 12.2. The zero-order valence-corrected chi connectivity index (χ0v) is 15.2. The van der Waals surface area contributed by atoms with Gasteiger partial charge in [-0.15, -0.1) is 0 Å². The molecule has 2 aromatic rings. The Labute approximate surface area is 148 Å². The van der Waals surface area contributed by atoms with Gasteiger partial charge in [-0.05, 0) is 18.5 Å². The minimum atomic E-state index is -0.247. The smallest absolute Gasteiger partial charge is 0.242 e. The van der Waals surface area contributed by atoms with Crippen LogP contribution < -0.4 is 4.73 Å². The predicted molar refractivity (Wildman–Crippen MR) is 96.9 cm³/mol. The van der Waals surface area contributed by atoms with E-state index in [1.165, 1.54) is 6.20 Å². The van der Waals surface area contributed by atoms with Crippen molar-refractivity contribution in [2.24, 2.45) is 5.41 Å². The molecule has 0 atom stereocenters. The van der Waals surface area contributed by atoms with Crippen molar-refractivity contribution >= 4 is 16.9 Å². The number of carbonyl (C=O) groups excluding carboxylic acids is 1. The first-order valence-electron chi connectivity index (χ1n) is 8.78. The molecule has 1 aromatic carbocycles. The van der Waals surface area contributed by atoms with Crippen molar-refractivity contribution in [3.05, 3.63) is 41.4 Å². The van der Waals surface area contributed by atoms with E-state index in [1.807, 2.05) is 23.1 Å². The van der Waals surface area contributed by atoms with Crippen LogP contribution >= 0.6 is 0 Å². The molecular formula is C19H26N4O2. The minimum Gasteiger partial charge on any atom is -0.618 e. The van der Waals surface area contributed by atoms with E-state index in [-0.39, 0.29) is 11.3 Å². The third-order valence-electron chi connectivity index (χ3n) is 4.79. The number of likely N-dealkylation sites (N-methyl/N-ethyl adjacent to an activating group) is 1. The molecule has 0 unspecified atom stereocenters. The highest BCUT2D eigenvalue weighted by Crippen LogP contribution is 2.26. The third-order valence-corrected chi connectivity index (χ3v) is 4.79. The maximum atomic E-state index is 12.6. The predicted octanol–water partition coefficient (Wildman–Crippen LogP) is 1.60. The molecule has 1 fully saturated rings. The molecule has 25 heavy (non-hydrogen) atoms. The first-order valence-corrected chi connectivity index (χ1v) is 8.78. The lowest BCUT2D eigenvalue weighted by Gasteiger charge is -2.34. The van der Waals surface area contributed by atoms with Crippen LogP contribution in [0.2, 0.25) is 0 Å². The van der Waals surface area contributed by atoms with E-state index in [0.717, 1.165) is 36.6 Å². The Hall–Kier alpha value is -2.21. The number of para-hydroxylation sites is 2. The number of rotatable bonds is 4. The first kappa shape index (κ1) is 17.6. The van der Waals surface area contributed by atoms with Crippen molar-refractivity contribution in [1.29, 1.82) is 0 Å². The Kier molecular flexibility index (Phi) is 4.90. The standard InChI is InChI=1S/C19H26N4O2/c1-19(2,13-18(24)22-10-8-21(3)9-11-22)12-15-14-23(25)17-7-5-4-6-16(17)20-15/h4-7,14H,8-13H2,1-3H3. The fraction of sp³-hybridized carbons (Fsp3) is 0.526. The molecule has 1 aromatic heterocycles. The molecule has 1 amide bonds. The number of fused-ring (bicyclic) bond motifs is 1. The molecule has 6 heteroatoms. The Morgan fingerprint density at radius 3 is 2.64 bits per heavy atom. The van der Waals surface area contributed by atoms with E-state index >= 15 is 0 Å². The molecule has 6 nitrogen and oxygen atoms in total. The molecule has 0 radical (unpaired) electrons. The summed E-state index contributed by atoms with van der Waals surface area (Å²) in [5.41, 5.74) is 1.74. The molecule has 0 saturated carbocycles. The van der Waals surface area contributed by atoms with Gasteiger partial charge in [-0.25, -0.2) is 4.98 Å². The van der Waals surface area contributed by atoms with Gasteiger partial charge in [0.25, 0.3) is 0 Å². The van der Waals surface area contributed by atoms with E-state index < -0.39 is 0 Å². The molecule has 0 aliphatic carbocycles. The van der Waals surface area contributed by atoms with Crippen LogP contribution in [0.1, 0.15) is 26.0 Å². The second-order valence-corrected chi connectivity index (χ2v) is 7.75. The van der Waals surface area contributed by atoms with Gasteiger partial charge in [-0.3, -0.25) is 4.79 Å². The number of hydrogen-bond donors (Lipinski definition) is 0. The molecule has 0 bridgehead atoms. The number of aromatic nitrogens is 2. The van der Waals surface area contributed by atoms with Crippen LogP contribution in [0.5, 0.6) is 0 Å². The number of piperazine rings is 1. The van der Waals surface area contributed by atoms with Crippen LogP contribution in [0.4, 0.5) is 0 Å². The molecule has 1 aliphatic heterocycles. The molecule has 2 heterocycles. The summed E-state index contributed by atoms with van der Waals surface area (Å²) < 4.78 is 0.871. The lowest BCUT2D eigenvalue weighted by atomic mass is 9.84. The van der Waals surface area contributed by atoms with E-state index in [1.54, 1.807) is 6.07 Å². The van der Waals surface area contributed by atoms with Gasteiger partial charge in [-0.1, -0.05) is 26.0 Å². The quantitative estimate of drug-likeness (QED) is 0.625. The van der Waals surface area contributed by atoms with Crippen molar-refractivity contribution in [3.63, 3.8) is 0 Å². The maximum absolute atomic E-state index is 12.6. The fourth-order valence-corrected chi connectivity index (χ4v) is 3.35. The molecule has 1 saturated heterocycles. The van der Waals surface area contributed by atoms with Crippen molar-refractivity contribution in [2.75, 3.05) is 33.2 Å². The van der Waals surface area contributed by atoms with Crippen LogP contribution in [0.25, 0.3) is 11.0 Å². The number of hydrogen-bond acceptors (Lipinski definition) is 4. The van der Waals surface area contributed by atoms with Crippen molar-refractivity contribution in [1.82, 2.24) is 14.8 Å². The molecular weight excluding hydrogens is 316 g/mol. The number of carbonyl (C=O) groups is 1. The van der Waals surface area contributed by atoms with E-state index in [4.69, 9.17) is 0 Å². The van der Waals surface area contributed by atoms with E-state index in [2.05, 4.69) is 30.8 Å². The van der Waals surface area contributed by atoms with Gasteiger partial charge < -0.3 is 15.0 Å². The van der Waals surface area contributed by atoms with Crippen molar-refractivity contribution in [3.8, 4) is 0 Å². The topological polar surface area (TPSA) is 63.4 Å². The van der Waals surface area contributed by atoms with Gasteiger partial charge in [-0.2, -0.15) is 4.73 Å². The number of nitrogens with zero attached hydrogens (tertiary/aromatic N) is 4. The Balaban J connectivity index is 1.69. The molecule has 134 valence electrons. The largest absolute Gasteiger partial charge is 0.618 e. The summed E-state index contributed by atoms with van der Waals surface area (Å²) in [7, 11) is 2.08. The number of amides is 1. The van der Waals surface area contributed by atoms with Gasteiger partial charge in [0.15, 0.2) is 0 Å². The van der Waals surface area contributed by atoms with Gasteiger partial charge >= 0.3 is 0 Å². The van der Waals surface area contributed by atoms with Gasteiger partial charge in [0.2, 0.25) is 17.6 Å². The maximum Gasteiger partial charge on any atom is 0.242 e. The minimum absolute atomic E-state index is 0.189. The van der Waals surface area contributed by atoms with Crippen LogP contribution in [-0.2, 0) is 11.2 Å². The zero-order chi connectivity index (χ0) is 18.0. The molecule has 3 rings (SSSR count). The zero-order valence-electron chi connectivity index (χ0n) is 15.2. The molecule has 1 aliphatic rings. The monoisotopic (exact) mass is 342 g/mol. The van der Waals surface area contributed by atoms with Crippen LogP contribution in [0.3, 0.4) is 0 Å².